The predicted molar refractivity (Wildman–Crippen MR) is 209 cm³/mol. The van der Waals surface area contributed by atoms with E-state index in [2.05, 4.69) is 163 Å². The summed E-state index contributed by atoms with van der Waals surface area (Å²) in [5.74, 6) is 0. The zero-order chi connectivity index (χ0) is 32.3. The first kappa shape index (κ1) is 27.9. The molecule has 0 unspecified atom stereocenters. The van der Waals surface area contributed by atoms with Crippen molar-refractivity contribution in [3.8, 4) is 44.5 Å². The Hall–Kier alpha value is -6.16. The van der Waals surface area contributed by atoms with E-state index in [9.17, 15) is 0 Å². The highest BCUT2D eigenvalue weighted by atomic mass is 32.1. The molecule has 2 aromatic heterocycles. The molecule has 0 fully saturated rings. The van der Waals surface area contributed by atoms with Crippen LogP contribution < -0.4 is 0 Å². The Balaban J connectivity index is 0.927. The van der Waals surface area contributed by atoms with Gasteiger partial charge in [0, 0.05) is 43.3 Å². The monoisotopic (exact) mass is 640 g/mol. The van der Waals surface area contributed by atoms with Gasteiger partial charge < -0.3 is 0 Å². The summed E-state index contributed by atoms with van der Waals surface area (Å²) >= 11 is 1.88. The summed E-state index contributed by atoms with van der Waals surface area (Å²) in [5.41, 5.74) is 11.7. The van der Waals surface area contributed by atoms with Gasteiger partial charge >= 0.3 is 0 Å². The SMILES string of the molecule is c1ccc2c(c1)sc1c(-c3ccc(-c4ccc(-c5ccc(-c6ccc7c(c6)c6ccccc6c6nccnc76)cc5)cc4)cc3)cccc12. The summed E-state index contributed by atoms with van der Waals surface area (Å²) < 4.78 is 2.69. The van der Waals surface area contributed by atoms with Crippen molar-refractivity contribution in [2.24, 2.45) is 0 Å². The van der Waals surface area contributed by atoms with E-state index in [0.29, 0.717) is 0 Å². The lowest BCUT2D eigenvalue weighted by Gasteiger charge is -2.11. The van der Waals surface area contributed by atoms with E-state index >= 15 is 0 Å². The standard InChI is InChI=1S/C46H28N2S/c1-2-8-39-37(6-1)42-28-35(24-25-40(42)45-44(39)47-26-27-48-45)33-18-16-31(17-19-33)29-12-14-30(15-13-29)32-20-22-34(23-21-32)36-9-5-10-41-38-7-3-4-11-43(38)49-46(36)41/h1-28H. The Labute approximate surface area is 287 Å². The fourth-order valence-corrected chi connectivity index (χ4v) is 8.58. The Kier molecular flexibility index (Phi) is 6.39. The van der Waals surface area contributed by atoms with E-state index in [-0.39, 0.29) is 0 Å². The zero-order valence-corrected chi connectivity index (χ0v) is 27.3. The van der Waals surface area contributed by atoms with Crippen LogP contribution in [0.15, 0.2) is 170 Å². The van der Waals surface area contributed by atoms with Gasteiger partial charge in [0.15, 0.2) is 0 Å². The van der Waals surface area contributed by atoms with Crippen LogP contribution in [0.25, 0.3) is 97.3 Å². The van der Waals surface area contributed by atoms with Crippen molar-refractivity contribution in [1.29, 1.82) is 0 Å². The number of rotatable bonds is 4. The summed E-state index contributed by atoms with van der Waals surface area (Å²) in [4.78, 5) is 9.37. The molecule has 10 aromatic rings. The van der Waals surface area contributed by atoms with Gasteiger partial charge in [-0.1, -0.05) is 146 Å². The molecule has 0 aliphatic heterocycles. The molecule has 0 N–H and O–H groups in total. The molecule has 10 rings (SSSR count). The molecule has 0 saturated heterocycles. The van der Waals surface area contributed by atoms with Crippen LogP contribution in [0.3, 0.4) is 0 Å². The average Bonchev–Trinajstić information content (AvgIpc) is 3.57. The molecule has 8 aromatic carbocycles. The second-order valence-corrected chi connectivity index (χ2v) is 13.6. The quantitative estimate of drug-likeness (QED) is 0.179. The van der Waals surface area contributed by atoms with Gasteiger partial charge in [0.2, 0.25) is 0 Å². The number of fused-ring (bicyclic) bond motifs is 9. The molecule has 2 nitrogen and oxygen atoms in total. The van der Waals surface area contributed by atoms with Crippen molar-refractivity contribution < 1.29 is 0 Å². The fourth-order valence-electron chi connectivity index (χ4n) is 7.34. The summed E-state index contributed by atoms with van der Waals surface area (Å²) in [7, 11) is 0. The molecule has 228 valence electrons. The number of thiophene rings is 1. The third-order valence-electron chi connectivity index (χ3n) is 9.82. The molecule has 0 radical (unpaired) electrons. The molecule has 0 bridgehead atoms. The first-order chi connectivity index (χ1) is 24.3. The molecular weight excluding hydrogens is 613 g/mol. The van der Waals surface area contributed by atoms with Crippen LogP contribution in [0.1, 0.15) is 0 Å². The van der Waals surface area contributed by atoms with Gasteiger partial charge in [0.1, 0.15) is 0 Å². The second kappa shape index (κ2) is 11.2. The van der Waals surface area contributed by atoms with Crippen LogP contribution in [-0.2, 0) is 0 Å². The summed E-state index contributed by atoms with van der Waals surface area (Å²) in [5, 5.41) is 7.34. The second-order valence-electron chi connectivity index (χ2n) is 12.6. The number of benzene rings is 8. The predicted octanol–water partition coefficient (Wildman–Crippen LogP) is 13.0. The normalized spacial score (nSPS) is 11.7. The highest BCUT2D eigenvalue weighted by Crippen LogP contribution is 2.40. The minimum atomic E-state index is 0.947. The van der Waals surface area contributed by atoms with Crippen LogP contribution in [0.2, 0.25) is 0 Å². The van der Waals surface area contributed by atoms with Gasteiger partial charge in [0.05, 0.1) is 11.0 Å². The van der Waals surface area contributed by atoms with E-state index < -0.39 is 0 Å². The Morgan fingerprint density at radius 3 is 1.43 bits per heavy atom. The molecular formula is C46H28N2S. The van der Waals surface area contributed by atoms with Crippen molar-refractivity contribution in [3.05, 3.63) is 170 Å². The third kappa shape index (κ3) is 4.62. The minimum absolute atomic E-state index is 0.947. The van der Waals surface area contributed by atoms with Crippen LogP contribution >= 0.6 is 11.3 Å². The number of nitrogens with zero attached hydrogens (tertiary/aromatic N) is 2. The van der Waals surface area contributed by atoms with Gasteiger partial charge in [-0.15, -0.1) is 11.3 Å². The number of hydrogen-bond donors (Lipinski definition) is 0. The van der Waals surface area contributed by atoms with E-state index in [0.717, 1.165) is 21.8 Å². The molecule has 0 saturated carbocycles. The van der Waals surface area contributed by atoms with Crippen LogP contribution in [0, 0.1) is 0 Å². The van der Waals surface area contributed by atoms with Gasteiger partial charge in [-0.25, -0.2) is 0 Å². The highest BCUT2D eigenvalue weighted by molar-refractivity contribution is 7.26. The number of aromatic nitrogens is 2. The fraction of sp³-hybridized carbons (Fsp3) is 0. The maximum Gasteiger partial charge on any atom is 0.0971 e. The largest absolute Gasteiger partial charge is 0.252 e. The van der Waals surface area contributed by atoms with E-state index in [1.165, 1.54) is 75.5 Å². The van der Waals surface area contributed by atoms with Gasteiger partial charge in [-0.3, -0.25) is 9.97 Å². The minimum Gasteiger partial charge on any atom is -0.252 e. The van der Waals surface area contributed by atoms with E-state index in [1.807, 2.05) is 11.3 Å². The maximum absolute atomic E-state index is 4.70. The lowest BCUT2D eigenvalue weighted by atomic mass is 9.94. The average molecular weight is 641 g/mol. The highest BCUT2D eigenvalue weighted by Gasteiger charge is 2.13. The summed E-state index contributed by atoms with van der Waals surface area (Å²) in [6.45, 7) is 0. The molecule has 0 amide bonds. The third-order valence-corrected chi connectivity index (χ3v) is 11.0. The van der Waals surface area contributed by atoms with E-state index in [4.69, 9.17) is 4.98 Å². The lowest BCUT2D eigenvalue weighted by molar-refractivity contribution is 1.31. The molecule has 2 heterocycles. The molecule has 0 atom stereocenters. The van der Waals surface area contributed by atoms with Gasteiger partial charge in [-0.2, -0.15) is 0 Å². The Morgan fingerprint density at radius 1 is 0.327 bits per heavy atom. The molecule has 0 aliphatic carbocycles. The van der Waals surface area contributed by atoms with Gasteiger partial charge in [-0.05, 0) is 67.4 Å². The molecule has 0 spiro atoms. The van der Waals surface area contributed by atoms with Crippen molar-refractivity contribution in [3.63, 3.8) is 0 Å². The lowest BCUT2D eigenvalue weighted by Crippen LogP contribution is -1.89. The van der Waals surface area contributed by atoms with E-state index in [1.54, 1.807) is 12.4 Å². The van der Waals surface area contributed by atoms with Crippen molar-refractivity contribution in [1.82, 2.24) is 9.97 Å². The Morgan fingerprint density at radius 2 is 0.796 bits per heavy atom. The first-order valence-corrected chi connectivity index (χ1v) is 17.4. The van der Waals surface area contributed by atoms with Crippen LogP contribution in [0.4, 0.5) is 0 Å². The summed E-state index contributed by atoms with van der Waals surface area (Å²) in [6, 6.07) is 57.3. The maximum atomic E-state index is 4.70. The molecule has 3 heteroatoms. The molecule has 0 aliphatic rings. The van der Waals surface area contributed by atoms with Crippen LogP contribution in [-0.4, -0.2) is 9.97 Å². The zero-order valence-electron chi connectivity index (χ0n) is 26.5. The summed E-state index contributed by atoms with van der Waals surface area (Å²) in [6.07, 6.45) is 3.55. The van der Waals surface area contributed by atoms with Crippen molar-refractivity contribution in [2.75, 3.05) is 0 Å². The topological polar surface area (TPSA) is 25.8 Å². The molecule has 49 heavy (non-hydrogen) atoms. The smallest absolute Gasteiger partial charge is 0.0971 e. The van der Waals surface area contributed by atoms with Crippen molar-refractivity contribution in [2.45, 2.75) is 0 Å². The Bertz CT molecular complexity index is 2810. The van der Waals surface area contributed by atoms with Crippen molar-refractivity contribution >= 4 is 64.1 Å². The number of hydrogen-bond acceptors (Lipinski definition) is 3. The first-order valence-electron chi connectivity index (χ1n) is 16.6. The van der Waals surface area contributed by atoms with Crippen LogP contribution in [0.5, 0.6) is 0 Å². The van der Waals surface area contributed by atoms with Gasteiger partial charge in [0.25, 0.3) is 0 Å².